The summed E-state index contributed by atoms with van der Waals surface area (Å²) in [5.74, 6) is 0.547. The smallest absolute Gasteiger partial charge is 0.0338 e. The fraction of sp³-hybridized carbons (Fsp3) is 0.818. The van der Waals surface area contributed by atoms with Crippen LogP contribution in [0.4, 0.5) is 0 Å². The topological polar surface area (TPSA) is 12.0 Å². The molecule has 0 aliphatic carbocycles. The highest BCUT2D eigenvalue weighted by Crippen LogP contribution is 2.21. The van der Waals surface area contributed by atoms with Gasteiger partial charge in [-0.2, -0.15) is 0 Å². The maximum atomic E-state index is 4.12. The summed E-state index contributed by atoms with van der Waals surface area (Å²) in [4.78, 5) is 0. The zero-order valence-electron chi connectivity index (χ0n) is 9.36. The van der Waals surface area contributed by atoms with Crippen LogP contribution < -0.4 is 5.32 Å². The molecule has 12 heavy (non-hydrogen) atoms. The van der Waals surface area contributed by atoms with Gasteiger partial charge in [0.15, 0.2) is 0 Å². The predicted octanol–water partition coefficient (Wildman–Crippen LogP) is 2.98. The van der Waals surface area contributed by atoms with Gasteiger partial charge in [-0.1, -0.05) is 39.8 Å². The summed E-state index contributed by atoms with van der Waals surface area (Å²) >= 11 is 0. The zero-order valence-corrected chi connectivity index (χ0v) is 9.36. The molecule has 0 fully saturated rings. The summed E-state index contributed by atoms with van der Waals surface area (Å²) in [6, 6.07) is 0.510. The fourth-order valence-electron chi connectivity index (χ4n) is 1.54. The Morgan fingerprint density at radius 3 is 1.83 bits per heavy atom. The molecule has 1 nitrogen and oxygen atoms in total. The summed E-state index contributed by atoms with van der Waals surface area (Å²) in [7, 11) is 0. The van der Waals surface area contributed by atoms with E-state index >= 15 is 0 Å². The van der Waals surface area contributed by atoms with Crippen LogP contribution in [0.1, 0.15) is 41.5 Å². The van der Waals surface area contributed by atoms with Crippen molar-refractivity contribution in [2.45, 2.75) is 53.1 Å². The molecular weight excluding hydrogens is 146 g/mol. The molecule has 0 bridgehead atoms. The number of hydrogen-bond donors (Lipinski definition) is 1. The molecule has 0 aliphatic heterocycles. The molecule has 0 radical (unpaired) electrons. The van der Waals surface area contributed by atoms with E-state index in [1.165, 1.54) is 5.57 Å². The first-order valence-electron chi connectivity index (χ1n) is 4.74. The van der Waals surface area contributed by atoms with Crippen LogP contribution in [0.5, 0.6) is 0 Å². The zero-order chi connectivity index (χ0) is 9.94. The van der Waals surface area contributed by atoms with E-state index in [0.717, 1.165) is 0 Å². The third-order valence-corrected chi connectivity index (χ3v) is 2.15. The SMILES string of the molecule is C=C(C(C)C)C(C)(C)NC(C)C. The normalized spacial score (nSPS) is 12.7. The first-order chi connectivity index (χ1) is 5.27. The minimum atomic E-state index is 0.0579. The predicted molar refractivity (Wildman–Crippen MR) is 56.3 cm³/mol. The van der Waals surface area contributed by atoms with Gasteiger partial charge in [0.25, 0.3) is 0 Å². The van der Waals surface area contributed by atoms with Crippen molar-refractivity contribution in [3.8, 4) is 0 Å². The lowest BCUT2D eigenvalue weighted by Gasteiger charge is -2.33. The van der Waals surface area contributed by atoms with Gasteiger partial charge < -0.3 is 5.32 Å². The average Bonchev–Trinajstić information content (AvgIpc) is 1.82. The third kappa shape index (κ3) is 3.40. The van der Waals surface area contributed by atoms with Gasteiger partial charge in [0, 0.05) is 11.6 Å². The van der Waals surface area contributed by atoms with Crippen molar-refractivity contribution in [1.82, 2.24) is 5.32 Å². The van der Waals surface area contributed by atoms with Crippen LogP contribution in [0.15, 0.2) is 12.2 Å². The van der Waals surface area contributed by atoms with E-state index in [0.29, 0.717) is 12.0 Å². The van der Waals surface area contributed by atoms with Gasteiger partial charge in [-0.15, -0.1) is 0 Å². The molecular formula is C11H23N. The highest BCUT2D eigenvalue weighted by atomic mass is 15.0. The number of nitrogens with one attached hydrogen (secondary N) is 1. The quantitative estimate of drug-likeness (QED) is 0.638. The first kappa shape index (κ1) is 11.7. The van der Waals surface area contributed by atoms with Gasteiger partial charge in [-0.05, 0) is 19.8 Å². The lowest BCUT2D eigenvalue weighted by molar-refractivity contribution is 0.383. The van der Waals surface area contributed by atoms with Gasteiger partial charge in [0.05, 0.1) is 0 Å². The Kier molecular flexibility index (Phi) is 3.98. The lowest BCUT2D eigenvalue weighted by Crippen LogP contribution is -2.45. The molecule has 0 heterocycles. The molecule has 0 aromatic heterocycles. The van der Waals surface area contributed by atoms with Crippen LogP contribution in [0, 0.1) is 5.92 Å². The molecule has 0 saturated heterocycles. The number of rotatable bonds is 4. The molecule has 0 rings (SSSR count). The third-order valence-electron chi connectivity index (χ3n) is 2.15. The van der Waals surface area contributed by atoms with E-state index in [-0.39, 0.29) is 5.54 Å². The van der Waals surface area contributed by atoms with Crippen molar-refractivity contribution in [3.05, 3.63) is 12.2 Å². The Hall–Kier alpha value is -0.300. The molecule has 1 heteroatoms. The van der Waals surface area contributed by atoms with Gasteiger partial charge in [0.1, 0.15) is 0 Å². The van der Waals surface area contributed by atoms with Gasteiger partial charge >= 0.3 is 0 Å². The molecule has 0 atom stereocenters. The Bertz CT molecular complexity index is 154. The molecule has 1 N–H and O–H groups in total. The molecule has 0 unspecified atom stereocenters. The molecule has 0 aromatic rings. The second kappa shape index (κ2) is 4.08. The van der Waals surface area contributed by atoms with Crippen LogP contribution in [-0.2, 0) is 0 Å². The minimum absolute atomic E-state index is 0.0579. The second-order valence-corrected chi connectivity index (χ2v) is 4.60. The van der Waals surface area contributed by atoms with E-state index in [4.69, 9.17) is 0 Å². The van der Waals surface area contributed by atoms with Crippen molar-refractivity contribution >= 4 is 0 Å². The van der Waals surface area contributed by atoms with Crippen LogP contribution in [0.2, 0.25) is 0 Å². The summed E-state index contributed by atoms with van der Waals surface area (Å²) in [5.41, 5.74) is 1.33. The van der Waals surface area contributed by atoms with Crippen molar-refractivity contribution in [2.24, 2.45) is 5.92 Å². The standard InChI is InChI=1S/C11H23N/c1-8(2)10(5)11(6,7)12-9(3)4/h8-9,12H,5H2,1-4,6-7H3. The molecule has 0 amide bonds. The van der Waals surface area contributed by atoms with E-state index in [1.54, 1.807) is 0 Å². The molecule has 72 valence electrons. The number of hydrogen-bond acceptors (Lipinski definition) is 1. The van der Waals surface area contributed by atoms with Crippen molar-refractivity contribution in [2.75, 3.05) is 0 Å². The Labute approximate surface area is 77.2 Å². The van der Waals surface area contributed by atoms with Crippen LogP contribution in [0.25, 0.3) is 0 Å². The van der Waals surface area contributed by atoms with E-state index in [9.17, 15) is 0 Å². The van der Waals surface area contributed by atoms with Gasteiger partial charge in [-0.25, -0.2) is 0 Å². The molecule has 0 saturated carbocycles. The Morgan fingerprint density at radius 1 is 1.17 bits per heavy atom. The van der Waals surface area contributed by atoms with Crippen molar-refractivity contribution < 1.29 is 0 Å². The van der Waals surface area contributed by atoms with Crippen LogP contribution in [-0.4, -0.2) is 11.6 Å². The first-order valence-corrected chi connectivity index (χ1v) is 4.74. The average molecular weight is 169 g/mol. The molecule has 0 aromatic carbocycles. The maximum absolute atomic E-state index is 4.12. The molecule has 0 spiro atoms. The Balaban J connectivity index is 4.29. The minimum Gasteiger partial charge on any atom is -0.306 e. The Morgan fingerprint density at radius 2 is 1.58 bits per heavy atom. The van der Waals surface area contributed by atoms with Crippen molar-refractivity contribution in [3.63, 3.8) is 0 Å². The lowest BCUT2D eigenvalue weighted by atomic mass is 9.86. The maximum Gasteiger partial charge on any atom is 0.0338 e. The summed E-state index contributed by atoms with van der Waals surface area (Å²) in [6.07, 6.45) is 0. The van der Waals surface area contributed by atoms with E-state index in [1.807, 2.05) is 0 Å². The van der Waals surface area contributed by atoms with Gasteiger partial charge in [-0.3, -0.25) is 0 Å². The van der Waals surface area contributed by atoms with Crippen molar-refractivity contribution in [1.29, 1.82) is 0 Å². The second-order valence-electron chi connectivity index (χ2n) is 4.60. The highest BCUT2D eigenvalue weighted by molar-refractivity contribution is 5.15. The van der Waals surface area contributed by atoms with Crippen LogP contribution in [0.3, 0.4) is 0 Å². The largest absolute Gasteiger partial charge is 0.306 e. The highest BCUT2D eigenvalue weighted by Gasteiger charge is 2.23. The van der Waals surface area contributed by atoms with Crippen LogP contribution >= 0.6 is 0 Å². The monoisotopic (exact) mass is 169 g/mol. The van der Waals surface area contributed by atoms with E-state index in [2.05, 4.69) is 53.4 Å². The van der Waals surface area contributed by atoms with E-state index < -0.39 is 0 Å². The summed E-state index contributed by atoms with van der Waals surface area (Å²) < 4.78 is 0. The fourth-order valence-corrected chi connectivity index (χ4v) is 1.54. The summed E-state index contributed by atoms with van der Waals surface area (Å²) in [6.45, 7) is 17.2. The summed E-state index contributed by atoms with van der Waals surface area (Å²) in [5, 5.41) is 3.50. The molecule has 0 aliphatic rings. The van der Waals surface area contributed by atoms with Gasteiger partial charge in [0.2, 0.25) is 0 Å².